The van der Waals surface area contributed by atoms with E-state index in [1.807, 2.05) is 42.3 Å². The largest absolute Gasteiger partial charge is 0.497 e. The Kier molecular flexibility index (Phi) is 6.51. The molecule has 27 heavy (non-hydrogen) atoms. The minimum absolute atomic E-state index is 0.607. The zero-order valence-electron chi connectivity index (χ0n) is 15.7. The lowest BCUT2D eigenvalue weighted by molar-refractivity contribution is 0.414. The monoisotopic (exact) mass is 364 g/mol. The highest BCUT2D eigenvalue weighted by molar-refractivity contribution is 5.39. The maximum Gasteiger partial charge on any atom is 0.247 e. The number of methoxy groups -OCH3 is 1. The van der Waals surface area contributed by atoms with E-state index in [0.29, 0.717) is 5.95 Å². The summed E-state index contributed by atoms with van der Waals surface area (Å²) in [6, 6.07) is 12.1. The van der Waals surface area contributed by atoms with Crippen LogP contribution >= 0.6 is 0 Å². The summed E-state index contributed by atoms with van der Waals surface area (Å²) >= 11 is 0. The van der Waals surface area contributed by atoms with E-state index in [0.717, 1.165) is 37.5 Å². The van der Waals surface area contributed by atoms with E-state index in [4.69, 9.17) is 4.74 Å². The van der Waals surface area contributed by atoms with Gasteiger partial charge in [0.15, 0.2) is 5.82 Å². The molecule has 2 aromatic heterocycles. The molecule has 0 aliphatic rings. The topological polar surface area (TPSA) is 76.1 Å². The molecule has 0 bridgehead atoms. The number of rotatable bonds is 9. The van der Waals surface area contributed by atoms with Crippen LogP contribution in [0.5, 0.6) is 5.75 Å². The van der Waals surface area contributed by atoms with Crippen LogP contribution in [-0.2, 0) is 12.8 Å². The average Bonchev–Trinajstić information content (AvgIpc) is 2.73. The van der Waals surface area contributed by atoms with Gasteiger partial charge >= 0.3 is 0 Å². The molecule has 0 unspecified atom stereocenters. The number of hydrogen-bond acceptors (Lipinski definition) is 7. The van der Waals surface area contributed by atoms with Crippen molar-refractivity contribution in [2.24, 2.45) is 0 Å². The van der Waals surface area contributed by atoms with Crippen LogP contribution in [0.4, 0.5) is 11.8 Å². The van der Waals surface area contributed by atoms with Gasteiger partial charge in [0.25, 0.3) is 0 Å². The second-order valence-corrected chi connectivity index (χ2v) is 6.20. The first-order valence-corrected chi connectivity index (χ1v) is 8.91. The average molecular weight is 364 g/mol. The molecular weight excluding hydrogens is 340 g/mol. The van der Waals surface area contributed by atoms with Gasteiger partial charge in [-0.05, 0) is 48.2 Å². The van der Waals surface area contributed by atoms with E-state index in [2.05, 4.69) is 31.5 Å². The molecule has 0 fully saturated rings. The molecule has 0 spiro atoms. The van der Waals surface area contributed by atoms with Crippen LogP contribution < -0.4 is 15.0 Å². The summed E-state index contributed by atoms with van der Waals surface area (Å²) in [4.78, 5) is 10.6. The summed E-state index contributed by atoms with van der Waals surface area (Å²) in [5.74, 6) is 2.20. The van der Waals surface area contributed by atoms with Crippen molar-refractivity contribution in [1.29, 1.82) is 0 Å². The van der Waals surface area contributed by atoms with E-state index in [1.165, 1.54) is 11.1 Å². The lowest BCUT2D eigenvalue weighted by Gasteiger charge is -2.17. The number of ether oxygens (including phenoxy) is 1. The summed E-state index contributed by atoms with van der Waals surface area (Å²) < 4.78 is 5.26. The van der Waals surface area contributed by atoms with Crippen molar-refractivity contribution in [3.63, 3.8) is 0 Å². The smallest absolute Gasteiger partial charge is 0.247 e. The fourth-order valence-electron chi connectivity index (χ4n) is 2.65. The van der Waals surface area contributed by atoms with Gasteiger partial charge in [-0.3, -0.25) is 4.98 Å². The first-order valence-electron chi connectivity index (χ1n) is 8.91. The molecule has 2 heterocycles. The van der Waals surface area contributed by atoms with E-state index >= 15 is 0 Å². The minimum Gasteiger partial charge on any atom is -0.497 e. The van der Waals surface area contributed by atoms with E-state index < -0.39 is 0 Å². The highest BCUT2D eigenvalue weighted by Crippen LogP contribution is 2.13. The Balaban J connectivity index is 1.51. The Bertz CT molecular complexity index is 843. The van der Waals surface area contributed by atoms with E-state index in [-0.39, 0.29) is 0 Å². The fraction of sp³-hybridized carbons (Fsp3) is 0.300. The quantitative estimate of drug-likeness (QED) is 0.625. The zero-order valence-corrected chi connectivity index (χ0v) is 15.7. The van der Waals surface area contributed by atoms with Gasteiger partial charge in [-0.25, -0.2) is 0 Å². The molecular formula is C20H24N6O. The lowest BCUT2D eigenvalue weighted by atomic mass is 10.1. The second kappa shape index (κ2) is 9.47. The van der Waals surface area contributed by atoms with Crippen LogP contribution in [0.3, 0.4) is 0 Å². The standard InChI is InChI=1S/C20H24N6O/c1-26(13-9-16-6-10-21-11-7-16)20-24-19(15-23-25-20)22-12-8-17-4-3-5-18(14-17)27-2/h3-7,10-11,14-15H,8-9,12-13H2,1-2H3,(H,22,24,25). The first-order chi connectivity index (χ1) is 13.2. The number of likely N-dealkylation sites (N-methyl/N-ethyl adjacent to an activating group) is 1. The third-order valence-corrected chi connectivity index (χ3v) is 4.23. The van der Waals surface area contributed by atoms with Gasteiger partial charge in [0, 0.05) is 32.5 Å². The van der Waals surface area contributed by atoms with Gasteiger partial charge in [0.2, 0.25) is 5.95 Å². The highest BCUT2D eigenvalue weighted by Gasteiger charge is 2.07. The predicted molar refractivity (Wildman–Crippen MR) is 106 cm³/mol. The summed E-state index contributed by atoms with van der Waals surface area (Å²) in [5.41, 5.74) is 2.44. The Labute approximate surface area is 159 Å². The Hall–Kier alpha value is -3.22. The molecule has 0 amide bonds. The number of anilines is 2. The van der Waals surface area contributed by atoms with E-state index in [9.17, 15) is 0 Å². The number of benzene rings is 1. The maximum absolute atomic E-state index is 5.26. The number of hydrogen-bond donors (Lipinski definition) is 1. The normalized spacial score (nSPS) is 10.4. The molecule has 1 N–H and O–H groups in total. The molecule has 0 aliphatic heterocycles. The third kappa shape index (κ3) is 5.64. The summed E-state index contributed by atoms with van der Waals surface area (Å²) in [6.07, 6.45) is 7.02. The lowest BCUT2D eigenvalue weighted by Crippen LogP contribution is -2.23. The first kappa shape index (κ1) is 18.6. The van der Waals surface area contributed by atoms with Gasteiger partial charge < -0.3 is 15.0 Å². The van der Waals surface area contributed by atoms with E-state index in [1.54, 1.807) is 25.7 Å². The molecule has 0 saturated heterocycles. The Morgan fingerprint density at radius 3 is 2.74 bits per heavy atom. The minimum atomic E-state index is 0.607. The molecule has 7 heteroatoms. The molecule has 3 rings (SSSR count). The molecule has 0 atom stereocenters. The van der Waals surface area contributed by atoms with Crippen molar-refractivity contribution in [1.82, 2.24) is 20.2 Å². The van der Waals surface area contributed by atoms with Crippen molar-refractivity contribution in [3.8, 4) is 5.75 Å². The summed E-state index contributed by atoms with van der Waals surface area (Å²) in [6.45, 7) is 1.56. The van der Waals surface area contributed by atoms with Crippen LogP contribution in [0.1, 0.15) is 11.1 Å². The van der Waals surface area contributed by atoms with Crippen LogP contribution in [0, 0.1) is 0 Å². The fourth-order valence-corrected chi connectivity index (χ4v) is 2.65. The summed E-state index contributed by atoms with van der Waals surface area (Å²) in [7, 11) is 3.65. The van der Waals surface area contributed by atoms with Gasteiger partial charge in [0.1, 0.15) is 5.75 Å². The maximum atomic E-state index is 5.26. The molecule has 140 valence electrons. The van der Waals surface area contributed by atoms with Crippen molar-refractivity contribution >= 4 is 11.8 Å². The van der Waals surface area contributed by atoms with Crippen molar-refractivity contribution in [2.45, 2.75) is 12.8 Å². The molecule has 0 aliphatic carbocycles. The number of nitrogens with zero attached hydrogens (tertiary/aromatic N) is 5. The highest BCUT2D eigenvalue weighted by atomic mass is 16.5. The Morgan fingerprint density at radius 2 is 1.93 bits per heavy atom. The predicted octanol–water partition coefficient (Wildman–Crippen LogP) is 2.61. The van der Waals surface area contributed by atoms with Crippen LogP contribution in [0.25, 0.3) is 0 Å². The molecule has 1 aromatic carbocycles. The van der Waals surface area contributed by atoms with Gasteiger partial charge in [-0.15, -0.1) is 5.10 Å². The number of pyridine rings is 1. The third-order valence-electron chi connectivity index (χ3n) is 4.23. The van der Waals surface area contributed by atoms with Crippen LogP contribution in [-0.4, -0.2) is 47.4 Å². The van der Waals surface area contributed by atoms with Crippen LogP contribution in [0.15, 0.2) is 55.0 Å². The van der Waals surface area contributed by atoms with Gasteiger partial charge in [-0.2, -0.15) is 10.1 Å². The molecule has 3 aromatic rings. The van der Waals surface area contributed by atoms with Gasteiger partial charge in [-0.1, -0.05) is 12.1 Å². The zero-order chi connectivity index (χ0) is 18.9. The second-order valence-electron chi connectivity index (χ2n) is 6.20. The number of nitrogens with one attached hydrogen (secondary N) is 1. The van der Waals surface area contributed by atoms with Gasteiger partial charge in [0.05, 0.1) is 13.3 Å². The summed E-state index contributed by atoms with van der Waals surface area (Å²) in [5, 5.41) is 11.5. The number of aromatic nitrogens is 4. The molecule has 7 nitrogen and oxygen atoms in total. The van der Waals surface area contributed by atoms with Crippen molar-refractivity contribution in [3.05, 3.63) is 66.1 Å². The van der Waals surface area contributed by atoms with Crippen molar-refractivity contribution in [2.75, 3.05) is 37.5 Å². The Morgan fingerprint density at radius 1 is 1.07 bits per heavy atom. The molecule has 0 radical (unpaired) electrons. The molecule has 0 saturated carbocycles. The van der Waals surface area contributed by atoms with Crippen LogP contribution in [0.2, 0.25) is 0 Å². The SMILES string of the molecule is COc1cccc(CCNc2cnnc(N(C)CCc3ccncc3)n2)c1. The van der Waals surface area contributed by atoms with Crippen molar-refractivity contribution < 1.29 is 4.74 Å².